The van der Waals surface area contributed by atoms with Gasteiger partial charge >= 0.3 is 0 Å². The molecule has 1 unspecified atom stereocenters. The van der Waals surface area contributed by atoms with Gasteiger partial charge in [0.25, 0.3) is 0 Å². The Kier molecular flexibility index (Phi) is 4.78. The van der Waals surface area contributed by atoms with Gasteiger partial charge < -0.3 is 5.32 Å². The summed E-state index contributed by atoms with van der Waals surface area (Å²) in [5.74, 6) is 0.515. The molecule has 2 aliphatic rings. The Hall–Kier alpha value is -2.39. The predicted molar refractivity (Wildman–Crippen MR) is 95.8 cm³/mol. The SMILES string of the molecule is CN1C(=N)N[C@](C)(C2CCCN(Cc3cccc(C#N)c3)C2)CC1=O. The molecule has 1 amide bonds. The predicted octanol–water partition coefficient (Wildman–Crippen LogP) is 1.92. The highest BCUT2D eigenvalue weighted by molar-refractivity contribution is 5.98. The van der Waals surface area contributed by atoms with Crippen LogP contribution in [-0.4, -0.2) is 47.3 Å². The van der Waals surface area contributed by atoms with Crippen LogP contribution >= 0.6 is 0 Å². The average molecular weight is 339 g/mol. The van der Waals surface area contributed by atoms with Crippen molar-refractivity contribution in [1.82, 2.24) is 15.1 Å². The topological polar surface area (TPSA) is 83.2 Å². The zero-order chi connectivity index (χ0) is 18.0. The zero-order valence-electron chi connectivity index (χ0n) is 14.9. The molecule has 0 aromatic heterocycles. The largest absolute Gasteiger partial charge is 0.350 e. The number of guanidine groups is 1. The summed E-state index contributed by atoms with van der Waals surface area (Å²) in [6.07, 6.45) is 2.56. The molecule has 2 fully saturated rings. The van der Waals surface area contributed by atoms with E-state index in [0.717, 1.165) is 38.0 Å². The van der Waals surface area contributed by atoms with E-state index in [1.165, 1.54) is 4.90 Å². The van der Waals surface area contributed by atoms with Crippen LogP contribution in [-0.2, 0) is 11.3 Å². The fourth-order valence-electron chi connectivity index (χ4n) is 3.92. The second kappa shape index (κ2) is 6.85. The van der Waals surface area contributed by atoms with Crippen LogP contribution in [0.3, 0.4) is 0 Å². The minimum Gasteiger partial charge on any atom is -0.350 e. The number of amides is 1. The maximum Gasteiger partial charge on any atom is 0.231 e. The summed E-state index contributed by atoms with van der Waals surface area (Å²) in [5.41, 5.74) is 1.47. The van der Waals surface area contributed by atoms with Crippen LogP contribution in [0.2, 0.25) is 0 Å². The molecule has 0 aliphatic carbocycles. The van der Waals surface area contributed by atoms with Crippen LogP contribution in [0.5, 0.6) is 0 Å². The first-order chi connectivity index (χ1) is 11.9. The fourth-order valence-corrected chi connectivity index (χ4v) is 3.92. The zero-order valence-corrected chi connectivity index (χ0v) is 14.9. The van der Waals surface area contributed by atoms with E-state index in [-0.39, 0.29) is 17.4 Å². The van der Waals surface area contributed by atoms with Crippen LogP contribution in [0.1, 0.15) is 37.3 Å². The number of carbonyl (C=O) groups excluding carboxylic acids is 1. The summed E-state index contributed by atoms with van der Waals surface area (Å²) in [5, 5.41) is 20.3. The maximum atomic E-state index is 12.2. The standard InChI is InChI=1S/C19H25N5O/c1-19(10-17(25)23(2)18(21)22-19)16-7-4-8-24(13-16)12-15-6-3-5-14(9-15)11-20/h3,5-6,9,16H,4,7-8,10,12-13H2,1-2H3,(H2,21,22)/t16?,19-/m0/s1. The van der Waals surface area contributed by atoms with E-state index < -0.39 is 0 Å². The number of piperidine rings is 1. The summed E-state index contributed by atoms with van der Waals surface area (Å²) < 4.78 is 0. The lowest BCUT2D eigenvalue weighted by molar-refractivity contribution is -0.130. The van der Waals surface area contributed by atoms with E-state index in [2.05, 4.69) is 29.3 Å². The van der Waals surface area contributed by atoms with Crippen molar-refractivity contribution in [2.75, 3.05) is 20.1 Å². The summed E-state index contributed by atoms with van der Waals surface area (Å²) >= 11 is 0. The first-order valence-electron chi connectivity index (χ1n) is 8.76. The minimum absolute atomic E-state index is 0.00472. The lowest BCUT2D eigenvalue weighted by atomic mass is 9.76. The number of rotatable bonds is 3. The van der Waals surface area contributed by atoms with Crippen LogP contribution < -0.4 is 5.32 Å². The lowest BCUT2D eigenvalue weighted by Gasteiger charge is -2.47. The van der Waals surface area contributed by atoms with E-state index in [1.54, 1.807) is 7.05 Å². The summed E-state index contributed by atoms with van der Waals surface area (Å²) in [6, 6.07) is 9.94. The van der Waals surface area contributed by atoms with Crippen molar-refractivity contribution >= 4 is 11.9 Å². The average Bonchev–Trinajstić information content (AvgIpc) is 2.60. The van der Waals surface area contributed by atoms with E-state index in [0.29, 0.717) is 17.9 Å². The third-order valence-corrected chi connectivity index (χ3v) is 5.50. The van der Waals surface area contributed by atoms with Crippen molar-refractivity contribution in [2.24, 2.45) is 5.92 Å². The van der Waals surface area contributed by atoms with Crippen LogP contribution in [0.25, 0.3) is 0 Å². The number of benzene rings is 1. The first kappa shape index (κ1) is 17.4. The minimum atomic E-state index is -0.367. The Bertz CT molecular complexity index is 705. The van der Waals surface area contributed by atoms with Gasteiger partial charge in [-0.1, -0.05) is 12.1 Å². The number of nitrogens with zero attached hydrogens (tertiary/aromatic N) is 3. The van der Waals surface area contributed by atoms with E-state index in [9.17, 15) is 4.79 Å². The second-order valence-corrected chi connectivity index (χ2v) is 7.41. The molecule has 2 aliphatic heterocycles. The number of hydrogen-bond donors (Lipinski definition) is 2. The van der Waals surface area contributed by atoms with Crippen molar-refractivity contribution < 1.29 is 4.79 Å². The monoisotopic (exact) mass is 339 g/mol. The van der Waals surface area contributed by atoms with E-state index >= 15 is 0 Å². The van der Waals surface area contributed by atoms with Crippen LogP contribution in [0, 0.1) is 22.7 Å². The molecule has 0 bridgehead atoms. The van der Waals surface area contributed by atoms with Crippen molar-refractivity contribution in [1.29, 1.82) is 10.7 Å². The normalized spacial score (nSPS) is 27.7. The van der Waals surface area contributed by atoms with Gasteiger partial charge in [-0.3, -0.25) is 20.0 Å². The van der Waals surface area contributed by atoms with Crippen LogP contribution in [0.15, 0.2) is 24.3 Å². The summed E-state index contributed by atoms with van der Waals surface area (Å²) in [6.45, 7) is 4.80. The third-order valence-electron chi connectivity index (χ3n) is 5.50. The third kappa shape index (κ3) is 3.67. The molecule has 2 N–H and O–H groups in total. The summed E-state index contributed by atoms with van der Waals surface area (Å²) in [4.78, 5) is 16.0. The molecule has 25 heavy (non-hydrogen) atoms. The summed E-state index contributed by atoms with van der Waals surface area (Å²) in [7, 11) is 1.65. The molecule has 3 rings (SSSR count). The maximum absolute atomic E-state index is 12.2. The van der Waals surface area contributed by atoms with Crippen LogP contribution in [0.4, 0.5) is 0 Å². The lowest BCUT2D eigenvalue weighted by Crippen LogP contribution is -2.64. The first-order valence-corrected chi connectivity index (χ1v) is 8.76. The molecule has 0 radical (unpaired) electrons. The molecule has 0 saturated carbocycles. The van der Waals surface area contributed by atoms with Crippen molar-refractivity contribution in [2.45, 2.75) is 38.3 Å². The number of hydrogen-bond acceptors (Lipinski definition) is 4. The molecular formula is C19H25N5O. The van der Waals surface area contributed by atoms with Gasteiger partial charge in [0.05, 0.1) is 23.6 Å². The Morgan fingerprint density at radius 1 is 1.48 bits per heavy atom. The van der Waals surface area contributed by atoms with Crippen molar-refractivity contribution in [3.8, 4) is 6.07 Å². The van der Waals surface area contributed by atoms with Crippen molar-refractivity contribution in [3.05, 3.63) is 35.4 Å². The van der Waals surface area contributed by atoms with E-state index in [1.807, 2.05) is 18.2 Å². The number of carbonyl (C=O) groups is 1. The molecule has 6 heteroatoms. The van der Waals surface area contributed by atoms with Gasteiger partial charge in [0.1, 0.15) is 0 Å². The van der Waals surface area contributed by atoms with Crippen molar-refractivity contribution in [3.63, 3.8) is 0 Å². The van der Waals surface area contributed by atoms with Gasteiger partial charge in [-0.05, 0) is 49.9 Å². The molecule has 2 atom stereocenters. The molecular weight excluding hydrogens is 314 g/mol. The van der Waals surface area contributed by atoms with Gasteiger partial charge in [0.15, 0.2) is 5.96 Å². The number of nitriles is 1. The smallest absolute Gasteiger partial charge is 0.231 e. The second-order valence-electron chi connectivity index (χ2n) is 7.41. The van der Waals surface area contributed by atoms with Gasteiger partial charge in [-0.2, -0.15) is 5.26 Å². The molecule has 6 nitrogen and oxygen atoms in total. The Balaban J connectivity index is 1.69. The molecule has 1 aromatic rings. The van der Waals surface area contributed by atoms with E-state index in [4.69, 9.17) is 10.7 Å². The number of nitrogens with one attached hydrogen (secondary N) is 2. The molecule has 132 valence electrons. The molecule has 2 saturated heterocycles. The Labute approximate surface area is 148 Å². The van der Waals surface area contributed by atoms with Gasteiger partial charge in [-0.25, -0.2) is 0 Å². The van der Waals surface area contributed by atoms with Gasteiger partial charge in [-0.15, -0.1) is 0 Å². The highest BCUT2D eigenvalue weighted by atomic mass is 16.2. The fraction of sp³-hybridized carbons (Fsp3) is 0.526. The Morgan fingerprint density at radius 3 is 3.00 bits per heavy atom. The van der Waals surface area contributed by atoms with Gasteiger partial charge in [0.2, 0.25) is 5.91 Å². The highest BCUT2D eigenvalue weighted by Gasteiger charge is 2.43. The molecule has 1 aromatic carbocycles. The number of likely N-dealkylation sites (tertiary alicyclic amines) is 1. The quantitative estimate of drug-likeness (QED) is 0.881. The highest BCUT2D eigenvalue weighted by Crippen LogP contribution is 2.33. The molecule has 0 spiro atoms. The Morgan fingerprint density at radius 2 is 2.28 bits per heavy atom. The molecule has 2 heterocycles. The van der Waals surface area contributed by atoms with Gasteiger partial charge in [0, 0.05) is 20.1 Å².